The fourth-order valence-corrected chi connectivity index (χ4v) is 3.99. The molecule has 0 bridgehead atoms. The number of benzene rings is 1. The molecule has 0 radical (unpaired) electrons. The van der Waals surface area contributed by atoms with Crippen LogP contribution in [0.5, 0.6) is 0 Å². The molecule has 148 valence electrons. The summed E-state index contributed by atoms with van der Waals surface area (Å²) in [7, 11) is 0. The second kappa shape index (κ2) is 9.09. The van der Waals surface area contributed by atoms with Gasteiger partial charge in [-0.3, -0.25) is 9.59 Å². The lowest BCUT2D eigenvalue weighted by Crippen LogP contribution is -2.53. The summed E-state index contributed by atoms with van der Waals surface area (Å²) in [6.45, 7) is 5.63. The largest absolute Gasteiger partial charge is 0.344 e. The van der Waals surface area contributed by atoms with E-state index in [1.54, 1.807) is 0 Å². The zero-order chi connectivity index (χ0) is 19.4. The van der Waals surface area contributed by atoms with Gasteiger partial charge in [0.15, 0.2) is 0 Å². The van der Waals surface area contributed by atoms with E-state index in [0.717, 1.165) is 50.2 Å². The number of nitrogens with zero attached hydrogens (tertiary/aromatic N) is 1. The number of carbonyl (C=O) groups excluding carboxylic acids is 2. The van der Waals surface area contributed by atoms with E-state index >= 15 is 0 Å². The predicted octanol–water partition coefficient (Wildman–Crippen LogP) is 4.38. The topological polar surface area (TPSA) is 49.4 Å². The molecule has 1 N–H and O–H groups in total. The first-order chi connectivity index (χ1) is 13.0. The van der Waals surface area contributed by atoms with Crippen molar-refractivity contribution in [3.05, 3.63) is 34.9 Å². The summed E-state index contributed by atoms with van der Waals surface area (Å²) < 4.78 is 0. The third kappa shape index (κ3) is 5.47. The summed E-state index contributed by atoms with van der Waals surface area (Å²) in [5, 5.41) is 3.79. The van der Waals surface area contributed by atoms with Crippen molar-refractivity contribution < 1.29 is 9.59 Å². The van der Waals surface area contributed by atoms with E-state index in [1.165, 1.54) is 5.56 Å². The third-order valence-electron chi connectivity index (χ3n) is 6.11. The Morgan fingerprint density at radius 1 is 1.15 bits per heavy atom. The molecule has 2 atom stereocenters. The summed E-state index contributed by atoms with van der Waals surface area (Å²) >= 11 is 5.98. The second-order valence-corrected chi connectivity index (χ2v) is 8.67. The lowest BCUT2D eigenvalue weighted by Gasteiger charge is -2.36. The monoisotopic (exact) mass is 390 g/mol. The van der Waals surface area contributed by atoms with E-state index in [-0.39, 0.29) is 17.7 Å². The minimum atomic E-state index is -0.395. The fourth-order valence-electron chi connectivity index (χ4n) is 3.86. The minimum absolute atomic E-state index is 0.0344. The predicted molar refractivity (Wildman–Crippen MR) is 109 cm³/mol. The molecule has 0 unspecified atom stereocenters. The van der Waals surface area contributed by atoms with Crippen LogP contribution < -0.4 is 5.32 Å². The summed E-state index contributed by atoms with van der Waals surface area (Å²) in [5.41, 5.74) is 1.29. The molecule has 27 heavy (non-hydrogen) atoms. The van der Waals surface area contributed by atoms with Gasteiger partial charge in [-0.1, -0.05) is 44.0 Å². The normalized spacial score (nSPS) is 20.2. The van der Waals surface area contributed by atoms with Crippen molar-refractivity contribution in [2.45, 2.75) is 64.3 Å². The Labute approximate surface area is 167 Å². The highest BCUT2D eigenvalue weighted by atomic mass is 35.5. The van der Waals surface area contributed by atoms with Crippen LogP contribution in [0.2, 0.25) is 5.02 Å². The molecule has 2 aliphatic rings. The quantitative estimate of drug-likeness (QED) is 0.751. The van der Waals surface area contributed by atoms with Crippen LogP contribution in [0.1, 0.15) is 63.9 Å². The van der Waals surface area contributed by atoms with Crippen molar-refractivity contribution in [1.82, 2.24) is 10.2 Å². The highest BCUT2D eigenvalue weighted by molar-refractivity contribution is 6.30. The summed E-state index contributed by atoms with van der Waals surface area (Å²) in [4.78, 5) is 27.3. The fraction of sp³-hybridized carbons (Fsp3) is 0.636. The Hall–Kier alpha value is -1.55. The molecule has 1 saturated carbocycles. The Balaban J connectivity index is 1.57. The van der Waals surface area contributed by atoms with Gasteiger partial charge in [0.05, 0.1) is 0 Å². The number of nitrogens with one attached hydrogen (secondary N) is 1. The Morgan fingerprint density at radius 2 is 1.78 bits per heavy atom. The van der Waals surface area contributed by atoms with Crippen LogP contribution in [0.15, 0.2) is 24.3 Å². The first kappa shape index (κ1) is 20.2. The molecule has 2 fully saturated rings. The molecule has 1 aliphatic carbocycles. The van der Waals surface area contributed by atoms with Crippen LogP contribution in [0, 0.1) is 11.8 Å². The van der Waals surface area contributed by atoms with Crippen LogP contribution in [0.3, 0.4) is 0 Å². The lowest BCUT2D eigenvalue weighted by molar-refractivity contribution is -0.139. The standard InChI is InChI=1S/C22H31ClN2O2/c1-3-15(2)21(24-20(26)14-16-4-5-16)22(27)25-12-10-18(11-13-25)17-6-8-19(23)9-7-17/h6-9,15-16,18,21H,3-5,10-14H2,1-2H3,(H,24,26)/t15-,21-/m1/s1. The minimum Gasteiger partial charge on any atom is -0.344 e. The van der Waals surface area contributed by atoms with E-state index in [9.17, 15) is 9.59 Å². The molecule has 0 aromatic heterocycles. The number of rotatable bonds is 7. The van der Waals surface area contributed by atoms with E-state index in [4.69, 9.17) is 11.6 Å². The van der Waals surface area contributed by atoms with Gasteiger partial charge in [0.2, 0.25) is 11.8 Å². The van der Waals surface area contributed by atoms with Crippen LogP contribution in [-0.2, 0) is 9.59 Å². The number of halogens is 1. The summed E-state index contributed by atoms with van der Waals surface area (Å²) in [6.07, 6.45) is 5.65. The van der Waals surface area contributed by atoms with Crippen molar-refractivity contribution in [2.75, 3.05) is 13.1 Å². The number of likely N-dealkylation sites (tertiary alicyclic amines) is 1. The van der Waals surface area contributed by atoms with Gasteiger partial charge in [-0.15, -0.1) is 0 Å². The van der Waals surface area contributed by atoms with Gasteiger partial charge in [-0.2, -0.15) is 0 Å². The molecule has 1 heterocycles. The highest BCUT2D eigenvalue weighted by Crippen LogP contribution is 2.32. The van der Waals surface area contributed by atoms with Gasteiger partial charge >= 0.3 is 0 Å². The molecule has 1 aliphatic heterocycles. The van der Waals surface area contributed by atoms with Crippen LogP contribution >= 0.6 is 11.6 Å². The van der Waals surface area contributed by atoms with E-state index in [0.29, 0.717) is 18.3 Å². The van der Waals surface area contributed by atoms with E-state index < -0.39 is 6.04 Å². The smallest absolute Gasteiger partial charge is 0.245 e. The second-order valence-electron chi connectivity index (χ2n) is 8.23. The summed E-state index contributed by atoms with van der Waals surface area (Å²) in [6, 6.07) is 7.65. The van der Waals surface area contributed by atoms with E-state index in [1.807, 2.05) is 17.0 Å². The van der Waals surface area contributed by atoms with Gasteiger partial charge < -0.3 is 10.2 Å². The number of hydrogen-bond donors (Lipinski definition) is 1. The molecule has 5 heteroatoms. The number of hydrogen-bond acceptors (Lipinski definition) is 2. The van der Waals surface area contributed by atoms with Crippen LogP contribution in [-0.4, -0.2) is 35.8 Å². The summed E-state index contributed by atoms with van der Waals surface area (Å²) in [5.74, 6) is 1.27. The number of carbonyl (C=O) groups is 2. The van der Waals surface area contributed by atoms with Crippen molar-refractivity contribution in [2.24, 2.45) is 11.8 Å². The first-order valence-corrected chi connectivity index (χ1v) is 10.7. The zero-order valence-electron chi connectivity index (χ0n) is 16.4. The van der Waals surface area contributed by atoms with E-state index in [2.05, 4.69) is 31.3 Å². The van der Waals surface area contributed by atoms with Crippen molar-refractivity contribution in [1.29, 1.82) is 0 Å². The molecular formula is C22H31ClN2O2. The highest BCUT2D eigenvalue weighted by Gasteiger charge is 2.33. The maximum absolute atomic E-state index is 13.1. The third-order valence-corrected chi connectivity index (χ3v) is 6.37. The Bertz CT molecular complexity index is 649. The maximum atomic E-state index is 13.1. The van der Waals surface area contributed by atoms with Gasteiger partial charge in [0, 0.05) is 24.5 Å². The van der Waals surface area contributed by atoms with Crippen molar-refractivity contribution >= 4 is 23.4 Å². The number of piperidine rings is 1. The lowest BCUT2D eigenvalue weighted by atomic mass is 9.88. The molecule has 1 aromatic carbocycles. The number of amides is 2. The first-order valence-electron chi connectivity index (χ1n) is 10.3. The van der Waals surface area contributed by atoms with Gasteiger partial charge in [0.1, 0.15) is 6.04 Å². The Kier molecular flexibility index (Phi) is 6.80. The SMILES string of the molecule is CC[C@@H](C)[C@@H](NC(=O)CC1CC1)C(=O)N1CCC(c2ccc(Cl)cc2)CC1. The molecule has 2 amide bonds. The Morgan fingerprint density at radius 3 is 2.33 bits per heavy atom. The van der Waals surface area contributed by atoms with Crippen molar-refractivity contribution in [3.63, 3.8) is 0 Å². The average Bonchev–Trinajstić information content (AvgIpc) is 3.49. The molecule has 3 rings (SSSR count). The molecular weight excluding hydrogens is 360 g/mol. The zero-order valence-corrected chi connectivity index (χ0v) is 17.2. The molecule has 1 aromatic rings. The van der Waals surface area contributed by atoms with Gasteiger partial charge in [-0.25, -0.2) is 0 Å². The van der Waals surface area contributed by atoms with Gasteiger partial charge in [-0.05, 0) is 61.1 Å². The average molecular weight is 391 g/mol. The molecule has 0 spiro atoms. The van der Waals surface area contributed by atoms with Gasteiger partial charge in [0.25, 0.3) is 0 Å². The van der Waals surface area contributed by atoms with Crippen LogP contribution in [0.25, 0.3) is 0 Å². The van der Waals surface area contributed by atoms with Crippen LogP contribution in [0.4, 0.5) is 0 Å². The molecule has 1 saturated heterocycles. The maximum Gasteiger partial charge on any atom is 0.245 e. The molecule has 4 nitrogen and oxygen atoms in total. The van der Waals surface area contributed by atoms with Crippen molar-refractivity contribution in [3.8, 4) is 0 Å².